The van der Waals surface area contributed by atoms with Gasteiger partial charge in [-0.3, -0.25) is 19.7 Å². The Morgan fingerprint density at radius 1 is 1.26 bits per heavy atom. The minimum atomic E-state index is -0.939. The van der Waals surface area contributed by atoms with Crippen molar-refractivity contribution >= 4 is 23.2 Å². The highest BCUT2D eigenvalue weighted by Gasteiger charge is 2.18. The lowest BCUT2D eigenvalue weighted by molar-refractivity contribution is -0.384. The normalized spacial score (nSPS) is 10.0. The van der Waals surface area contributed by atoms with Crippen molar-refractivity contribution in [1.82, 2.24) is 5.32 Å². The first kappa shape index (κ1) is 18.4. The van der Waals surface area contributed by atoms with Crippen LogP contribution in [-0.2, 0) is 9.59 Å². The molecule has 1 rings (SSSR count). The molecule has 0 aliphatic carbocycles. The van der Waals surface area contributed by atoms with E-state index in [-0.39, 0.29) is 23.7 Å². The number of nitrogens with one attached hydrogen (secondary N) is 2. The molecule has 9 nitrogen and oxygen atoms in total. The second-order valence-corrected chi connectivity index (χ2v) is 4.64. The number of carbonyl (C=O) groups is 2. The number of non-ortho nitro benzene ring substituents is 1. The summed E-state index contributed by atoms with van der Waals surface area (Å²) in [7, 11) is 1.35. The molecule has 0 radical (unpaired) electrons. The van der Waals surface area contributed by atoms with Crippen LogP contribution in [0.25, 0.3) is 0 Å². The molecule has 0 fully saturated rings. The Balaban J connectivity index is 2.63. The van der Waals surface area contributed by atoms with Gasteiger partial charge in [-0.05, 0) is 25.3 Å². The van der Waals surface area contributed by atoms with Crippen molar-refractivity contribution in [3.8, 4) is 5.75 Å². The highest BCUT2D eigenvalue weighted by molar-refractivity contribution is 6.39. The number of aliphatic hydroxyl groups excluding tert-OH is 1. The van der Waals surface area contributed by atoms with Crippen molar-refractivity contribution in [3.63, 3.8) is 0 Å². The van der Waals surface area contributed by atoms with Crippen LogP contribution in [-0.4, -0.2) is 42.1 Å². The molecular weight excluding hydrogens is 306 g/mol. The average Bonchev–Trinajstić information content (AvgIpc) is 2.54. The SMILES string of the molecule is COc1ccc([N+](=O)[O-])cc1NC(=O)C(=O)NCCCCCO. The first-order valence-electron chi connectivity index (χ1n) is 7.02. The number of methoxy groups -OCH3 is 1. The summed E-state index contributed by atoms with van der Waals surface area (Å²) in [6.07, 6.45) is 2.00. The molecule has 0 heterocycles. The van der Waals surface area contributed by atoms with E-state index in [0.717, 1.165) is 12.5 Å². The van der Waals surface area contributed by atoms with Gasteiger partial charge >= 0.3 is 11.8 Å². The summed E-state index contributed by atoms with van der Waals surface area (Å²) in [4.78, 5) is 33.6. The van der Waals surface area contributed by atoms with E-state index in [4.69, 9.17) is 9.84 Å². The lowest BCUT2D eigenvalue weighted by Crippen LogP contribution is -2.36. The van der Waals surface area contributed by atoms with Crippen molar-refractivity contribution in [2.45, 2.75) is 19.3 Å². The number of benzene rings is 1. The second-order valence-electron chi connectivity index (χ2n) is 4.64. The Morgan fingerprint density at radius 3 is 2.61 bits per heavy atom. The monoisotopic (exact) mass is 325 g/mol. The fourth-order valence-corrected chi connectivity index (χ4v) is 1.78. The lowest BCUT2D eigenvalue weighted by atomic mass is 10.2. The van der Waals surface area contributed by atoms with Gasteiger partial charge < -0.3 is 20.5 Å². The maximum Gasteiger partial charge on any atom is 0.313 e. The van der Waals surface area contributed by atoms with Crippen molar-refractivity contribution in [2.75, 3.05) is 25.6 Å². The van der Waals surface area contributed by atoms with Gasteiger partial charge in [0.05, 0.1) is 17.7 Å². The highest BCUT2D eigenvalue weighted by Crippen LogP contribution is 2.28. The predicted octanol–water partition coefficient (Wildman–Crippen LogP) is 0.821. The van der Waals surface area contributed by atoms with E-state index in [2.05, 4.69) is 10.6 Å². The number of nitrogens with zero attached hydrogens (tertiary/aromatic N) is 1. The van der Waals surface area contributed by atoms with E-state index in [0.29, 0.717) is 19.4 Å². The van der Waals surface area contributed by atoms with Gasteiger partial charge in [-0.1, -0.05) is 0 Å². The first-order valence-corrected chi connectivity index (χ1v) is 7.02. The third-order valence-electron chi connectivity index (χ3n) is 2.97. The molecule has 1 aromatic rings. The zero-order valence-corrected chi connectivity index (χ0v) is 12.7. The fraction of sp³-hybridized carbons (Fsp3) is 0.429. The molecule has 9 heteroatoms. The number of nitro benzene ring substituents is 1. The van der Waals surface area contributed by atoms with Gasteiger partial charge in [-0.2, -0.15) is 0 Å². The number of hydrogen-bond acceptors (Lipinski definition) is 6. The summed E-state index contributed by atoms with van der Waals surface area (Å²) in [5.74, 6) is -1.58. The minimum Gasteiger partial charge on any atom is -0.495 e. The van der Waals surface area contributed by atoms with Crippen LogP contribution >= 0.6 is 0 Å². The molecule has 0 aliphatic heterocycles. The summed E-state index contributed by atoms with van der Waals surface area (Å²) in [5, 5.41) is 24.1. The van der Waals surface area contributed by atoms with Crippen LogP contribution in [0.2, 0.25) is 0 Å². The number of nitro groups is 1. The lowest BCUT2D eigenvalue weighted by Gasteiger charge is -2.10. The zero-order chi connectivity index (χ0) is 17.2. The van der Waals surface area contributed by atoms with Gasteiger partial charge in [-0.15, -0.1) is 0 Å². The summed E-state index contributed by atoms with van der Waals surface area (Å²) in [6, 6.07) is 3.68. The summed E-state index contributed by atoms with van der Waals surface area (Å²) < 4.78 is 4.99. The van der Waals surface area contributed by atoms with Gasteiger partial charge in [0.25, 0.3) is 5.69 Å². The van der Waals surface area contributed by atoms with Gasteiger partial charge in [0.2, 0.25) is 0 Å². The maximum absolute atomic E-state index is 11.8. The van der Waals surface area contributed by atoms with Gasteiger partial charge in [0.15, 0.2) is 0 Å². The van der Waals surface area contributed by atoms with Crippen LogP contribution in [0.4, 0.5) is 11.4 Å². The van der Waals surface area contributed by atoms with Crippen LogP contribution in [0.3, 0.4) is 0 Å². The van der Waals surface area contributed by atoms with E-state index in [1.54, 1.807) is 0 Å². The quantitative estimate of drug-likeness (QED) is 0.281. The Bertz CT molecular complexity index is 576. The molecule has 1 aromatic carbocycles. The Labute approximate surface area is 132 Å². The van der Waals surface area contributed by atoms with Crippen LogP contribution in [0, 0.1) is 10.1 Å². The van der Waals surface area contributed by atoms with Gasteiger partial charge in [-0.25, -0.2) is 0 Å². The smallest absolute Gasteiger partial charge is 0.313 e. The molecule has 0 unspecified atom stereocenters. The summed E-state index contributed by atoms with van der Waals surface area (Å²) >= 11 is 0. The molecule has 0 saturated heterocycles. The van der Waals surface area contributed by atoms with E-state index in [1.807, 2.05) is 0 Å². The number of anilines is 1. The molecule has 23 heavy (non-hydrogen) atoms. The fourth-order valence-electron chi connectivity index (χ4n) is 1.78. The molecule has 0 saturated carbocycles. The van der Waals surface area contributed by atoms with Gasteiger partial charge in [0.1, 0.15) is 5.75 Å². The molecule has 0 atom stereocenters. The number of aliphatic hydroxyl groups is 1. The molecule has 0 bridgehead atoms. The average molecular weight is 325 g/mol. The molecule has 3 N–H and O–H groups in total. The Kier molecular flexibility index (Phi) is 7.48. The molecular formula is C14H19N3O6. The van der Waals surface area contributed by atoms with Crippen LogP contribution < -0.4 is 15.4 Å². The Morgan fingerprint density at radius 2 is 2.00 bits per heavy atom. The summed E-state index contributed by atoms with van der Waals surface area (Å²) in [5.41, 5.74) is -0.187. The number of carbonyl (C=O) groups excluding carboxylic acids is 2. The van der Waals surface area contributed by atoms with Crippen LogP contribution in [0.15, 0.2) is 18.2 Å². The highest BCUT2D eigenvalue weighted by atomic mass is 16.6. The van der Waals surface area contributed by atoms with E-state index >= 15 is 0 Å². The van der Waals surface area contributed by atoms with Gasteiger partial charge in [0, 0.05) is 25.3 Å². The number of amides is 2. The molecule has 126 valence electrons. The third kappa shape index (κ3) is 5.91. The number of ether oxygens (including phenoxy) is 1. The van der Waals surface area contributed by atoms with E-state index < -0.39 is 16.7 Å². The Hall–Kier alpha value is -2.68. The van der Waals surface area contributed by atoms with Crippen molar-refractivity contribution < 1.29 is 24.4 Å². The zero-order valence-electron chi connectivity index (χ0n) is 12.7. The second kappa shape index (κ2) is 9.36. The first-order chi connectivity index (χ1) is 11.0. The number of rotatable bonds is 8. The van der Waals surface area contributed by atoms with E-state index in [1.165, 1.54) is 19.2 Å². The maximum atomic E-state index is 11.8. The largest absolute Gasteiger partial charge is 0.495 e. The predicted molar refractivity (Wildman–Crippen MR) is 82.2 cm³/mol. The number of hydrogen-bond donors (Lipinski definition) is 3. The molecule has 0 aromatic heterocycles. The van der Waals surface area contributed by atoms with E-state index in [9.17, 15) is 19.7 Å². The number of unbranched alkanes of at least 4 members (excludes halogenated alkanes) is 2. The van der Waals surface area contributed by atoms with Crippen LogP contribution in [0.5, 0.6) is 5.75 Å². The third-order valence-corrected chi connectivity index (χ3v) is 2.97. The molecule has 0 aliphatic rings. The van der Waals surface area contributed by atoms with Crippen molar-refractivity contribution in [3.05, 3.63) is 28.3 Å². The molecule has 0 spiro atoms. The van der Waals surface area contributed by atoms with Crippen molar-refractivity contribution in [2.24, 2.45) is 0 Å². The van der Waals surface area contributed by atoms with Crippen LogP contribution in [0.1, 0.15) is 19.3 Å². The minimum absolute atomic E-state index is 0.0436. The standard InChI is InChI=1S/C14H19N3O6/c1-23-12-6-5-10(17(21)22)9-11(12)16-14(20)13(19)15-7-3-2-4-8-18/h5-6,9,18H,2-4,7-8H2,1H3,(H,15,19)(H,16,20). The van der Waals surface area contributed by atoms with Crippen molar-refractivity contribution in [1.29, 1.82) is 0 Å². The summed E-state index contributed by atoms with van der Waals surface area (Å²) in [6.45, 7) is 0.388. The topological polar surface area (TPSA) is 131 Å². The molecule has 2 amide bonds.